The zero-order valence-electron chi connectivity index (χ0n) is 9.32. The molecule has 0 bridgehead atoms. The molecule has 0 saturated carbocycles. The number of hydrogen-bond donors (Lipinski definition) is 1. The fourth-order valence-corrected chi connectivity index (χ4v) is 2.64. The van der Waals surface area contributed by atoms with Crippen LogP contribution in [0.15, 0.2) is 0 Å². The highest BCUT2D eigenvalue weighted by Gasteiger charge is 2.36. The first-order valence-corrected chi connectivity index (χ1v) is 8.39. The van der Waals surface area contributed by atoms with Crippen molar-refractivity contribution < 1.29 is 19.1 Å². The summed E-state index contributed by atoms with van der Waals surface area (Å²) < 4.78 is 5.68. The Balaban J connectivity index is 2.53. The van der Waals surface area contributed by atoms with Gasteiger partial charge in [-0.25, -0.2) is 0 Å². The molecule has 1 heterocycles. The van der Waals surface area contributed by atoms with Crippen molar-refractivity contribution in [1.29, 1.82) is 0 Å². The number of nitrogens with zero attached hydrogens (tertiary/aromatic N) is 1. The van der Waals surface area contributed by atoms with Crippen molar-refractivity contribution in [3.05, 3.63) is 0 Å². The largest absolute Gasteiger partial charge is 0.480 e. The average Bonchev–Trinajstić information content (AvgIpc) is 2.32. The first-order chi connectivity index (χ1) is 6.79. The number of amides is 1. The van der Waals surface area contributed by atoms with Gasteiger partial charge in [-0.15, -0.1) is 0 Å². The molecule has 0 aliphatic carbocycles. The molecule has 1 amide bonds. The van der Waals surface area contributed by atoms with Gasteiger partial charge in [-0.3, -0.25) is 9.59 Å². The van der Waals surface area contributed by atoms with E-state index in [4.69, 9.17) is 9.53 Å². The van der Waals surface area contributed by atoms with Gasteiger partial charge in [0.2, 0.25) is 0 Å². The summed E-state index contributed by atoms with van der Waals surface area (Å²) in [6.07, 6.45) is 0.187. The van der Waals surface area contributed by atoms with E-state index < -0.39 is 20.4 Å². The summed E-state index contributed by atoms with van der Waals surface area (Å²) in [7, 11) is -1.73. The van der Waals surface area contributed by atoms with E-state index >= 15 is 0 Å². The SMILES string of the molecule is C[Si](C)(C)O[C@@H]1CCN(CC(=O)O)C1=O. The minimum absolute atomic E-state index is 0.181. The fraction of sp³-hybridized carbons (Fsp3) is 0.778. The van der Waals surface area contributed by atoms with Crippen molar-refractivity contribution in [3.63, 3.8) is 0 Å². The second-order valence-corrected chi connectivity index (χ2v) is 9.12. The molecule has 0 unspecified atom stereocenters. The van der Waals surface area contributed by atoms with Gasteiger partial charge >= 0.3 is 5.97 Å². The van der Waals surface area contributed by atoms with E-state index in [0.29, 0.717) is 13.0 Å². The van der Waals surface area contributed by atoms with Crippen molar-refractivity contribution >= 4 is 20.2 Å². The van der Waals surface area contributed by atoms with Crippen LogP contribution in [-0.2, 0) is 14.0 Å². The molecule has 0 aromatic heterocycles. The Morgan fingerprint density at radius 1 is 1.60 bits per heavy atom. The maximum absolute atomic E-state index is 11.7. The second kappa shape index (κ2) is 4.32. The van der Waals surface area contributed by atoms with Gasteiger partial charge in [0.15, 0.2) is 8.32 Å². The normalized spacial score (nSPS) is 22.2. The van der Waals surface area contributed by atoms with E-state index in [9.17, 15) is 9.59 Å². The summed E-state index contributed by atoms with van der Waals surface area (Å²) in [5, 5.41) is 8.58. The van der Waals surface area contributed by atoms with Crippen molar-refractivity contribution in [2.24, 2.45) is 0 Å². The van der Waals surface area contributed by atoms with E-state index in [-0.39, 0.29) is 12.5 Å². The standard InChI is InChI=1S/C9H17NO4Si/c1-15(2,3)14-7-4-5-10(9(7)13)6-8(11)12/h7H,4-6H2,1-3H3,(H,11,12)/t7-/m1/s1. The van der Waals surface area contributed by atoms with Gasteiger partial charge in [0.1, 0.15) is 12.6 Å². The highest BCUT2D eigenvalue weighted by atomic mass is 28.4. The van der Waals surface area contributed by atoms with Crippen LogP contribution in [-0.4, -0.2) is 49.4 Å². The van der Waals surface area contributed by atoms with Crippen LogP contribution in [0.5, 0.6) is 0 Å². The van der Waals surface area contributed by atoms with Gasteiger partial charge in [0, 0.05) is 6.54 Å². The number of carboxylic acid groups (broad SMARTS) is 1. The smallest absolute Gasteiger partial charge is 0.323 e. The van der Waals surface area contributed by atoms with E-state index in [1.807, 2.05) is 19.6 Å². The van der Waals surface area contributed by atoms with Crippen LogP contribution in [0.3, 0.4) is 0 Å². The molecule has 5 nitrogen and oxygen atoms in total. The van der Waals surface area contributed by atoms with E-state index in [1.54, 1.807) is 0 Å². The number of rotatable bonds is 4. The number of likely N-dealkylation sites (tertiary alicyclic amines) is 1. The highest BCUT2D eigenvalue weighted by molar-refractivity contribution is 6.69. The average molecular weight is 231 g/mol. The molecular weight excluding hydrogens is 214 g/mol. The Kier molecular flexibility index (Phi) is 3.51. The minimum atomic E-state index is -1.73. The van der Waals surface area contributed by atoms with Crippen LogP contribution in [0.1, 0.15) is 6.42 Å². The van der Waals surface area contributed by atoms with Crippen molar-refractivity contribution in [3.8, 4) is 0 Å². The molecule has 0 radical (unpaired) electrons. The van der Waals surface area contributed by atoms with Gasteiger partial charge < -0.3 is 14.4 Å². The van der Waals surface area contributed by atoms with Crippen LogP contribution in [0, 0.1) is 0 Å². The Hall–Kier alpha value is -0.883. The number of carbonyl (C=O) groups is 2. The Bertz CT molecular complexity index is 274. The van der Waals surface area contributed by atoms with Crippen LogP contribution in [0.25, 0.3) is 0 Å². The van der Waals surface area contributed by atoms with Crippen molar-refractivity contribution in [1.82, 2.24) is 4.90 Å². The molecule has 15 heavy (non-hydrogen) atoms. The Morgan fingerprint density at radius 3 is 2.67 bits per heavy atom. The van der Waals surface area contributed by atoms with Crippen LogP contribution in [0.2, 0.25) is 19.6 Å². The number of carbonyl (C=O) groups excluding carboxylic acids is 1. The summed E-state index contributed by atoms with van der Waals surface area (Å²) in [6, 6.07) is 0. The Labute approximate surface area is 90.1 Å². The molecule has 0 aromatic rings. The minimum Gasteiger partial charge on any atom is -0.480 e. The van der Waals surface area contributed by atoms with Gasteiger partial charge in [0.25, 0.3) is 5.91 Å². The van der Waals surface area contributed by atoms with Crippen LogP contribution >= 0.6 is 0 Å². The maximum Gasteiger partial charge on any atom is 0.323 e. The van der Waals surface area contributed by atoms with Crippen molar-refractivity contribution in [2.45, 2.75) is 32.2 Å². The first-order valence-electron chi connectivity index (χ1n) is 4.98. The molecule has 6 heteroatoms. The van der Waals surface area contributed by atoms with E-state index in [2.05, 4.69) is 0 Å². The predicted molar refractivity (Wildman–Crippen MR) is 57.1 cm³/mol. The molecule has 1 saturated heterocycles. The van der Waals surface area contributed by atoms with Crippen LogP contribution in [0.4, 0.5) is 0 Å². The molecule has 1 aliphatic rings. The third-order valence-corrected chi connectivity index (χ3v) is 3.06. The summed E-state index contributed by atoms with van der Waals surface area (Å²) in [5.74, 6) is -1.16. The third kappa shape index (κ3) is 3.64. The molecule has 1 aliphatic heterocycles. The topological polar surface area (TPSA) is 66.8 Å². The van der Waals surface area contributed by atoms with Crippen molar-refractivity contribution in [2.75, 3.05) is 13.1 Å². The molecule has 1 N–H and O–H groups in total. The van der Waals surface area contributed by atoms with E-state index in [1.165, 1.54) is 4.90 Å². The highest BCUT2D eigenvalue weighted by Crippen LogP contribution is 2.18. The summed E-state index contributed by atoms with van der Waals surface area (Å²) in [4.78, 5) is 23.5. The van der Waals surface area contributed by atoms with Gasteiger partial charge in [-0.05, 0) is 26.1 Å². The molecule has 0 aromatic carbocycles. The molecule has 1 atom stereocenters. The molecule has 1 rings (SSSR count). The summed E-state index contributed by atoms with van der Waals surface area (Å²) >= 11 is 0. The van der Waals surface area contributed by atoms with Gasteiger partial charge in [-0.1, -0.05) is 0 Å². The van der Waals surface area contributed by atoms with Gasteiger partial charge in [-0.2, -0.15) is 0 Å². The quantitative estimate of drug-likeness (QED) is 0.716. The lowest BCUT2D eigenvalue weighted by Gasteiger charge is -2.22. The summed E-state index contributed by atoms with van der Waals surface area (Å²) in [5.41, 5.74) is 0. The maximum atomic E-state index is 11.7. The third-order valence-electron chi connectivity index (χ3n) is 2.07. The monoisotopic (exact) mass is 231 g/mol. The van der Waals surface area contributed by atoms with E-state index in [0.717, 1.165) is 0 Å². The lowest BCUT2D eigenvalue weighted by molar-refractivity contribution is -0.144. The Morgan fingerprint density at radius 2 is 2.20 bits per heavy atom. The molecule has 86 valence electrons. The zero-order valence-corrected chi connectivity index (χ0v) is 10.3. The molecule has 1 fully saturated rings. The second-order valence-electron chi connectivity index (χ2n) is 4.66. The fourth-order valence-electron chi connectivity index (χ4n) is 1.57. The predicted octanol–water partition coefficient (Wildman–Crippen LogP) is 0.523. The zero-order chi connectivity index (χ0) is 11.6. The summed E-state index contributed by atoms with van der Waals surface area (Å²) in [6.45, 7) is 6.31. The van der Waals surface area contributed by atoms with Gasteiger partial charge in [0.05, 0.1) is 0 Å². The first kappa shape index (κ1) is 12.2. The number of carboxylic acids is 1. The lowest BCUT2D eigenvalue weighted by Crippen LogP contribution is -2.39. The number of aliphatic carboxylic acids is 1. The lowest BCUT2D eigenvalue weighted by atomic mass is 10.3. The molecular formula is C9H17NO4Si. The number of hydrogen-bond acceptors (Lipinski definition) is 3. The molecule has 0 spiro atoms. The van der Waals surface area contributed by atoms with Crippen LogP contribution < -0.4 is 0 Å².